The summed E-state index contributed by atoms with van der Waals surface area (Å²) >= 11 is -0.346. The Hall–Kier alpha value is -4.09. The molecule has 6 rings (SSSR count). The van der Waals surface area contributed by atoms with E-state index < -0.39 is 15.8 Å². The minimum absolute atomic E-state index is 0.346. The van der Waals surface area contributed by atoms with Gasteiger partial charge in [0.15, 0.2) is 0 Å². The second-order valence-corrected chi connectivity index (χ2v) is 18.3. The molecule has 0 saturated carbocycles. The molecule has 54 heavy (non-hydrogen) atoms. The molecule has 6 aromatic rings. The summed E-state index contributed by atoms with van der Waals surface area (Å²) in [4.78, 5) is 20.6. The van der Waals surface area contributed by atoms with Crippen molar-refractivity contribution in [1.82, 2.24) is 14.9 Å². The van der Waals surface area contributed by atoms with E-state index in [2.05, 4.69) is 97.1 Å². The Kier molecular flexibility index (Phi) is 17.6. The van der Waals surface area contributed by atoms with E-state index >= 15 is 0 Å². The molecule has 2 heterocycles. The fraction of sp³-hybridized carbons (Fsp3) is 0.146. The van der Waals surface area contributed by atoms with Crippen LogP contribution < -0.4 is 50.8 Å². The normalized spacial score (nSPS) is 10.4. The van der Waals surface area contributed by atoms with Gasteiger partial charge in [-0.1, -0.05) is 121 Å². The van der Waals surface area contributed by atoms with Gasteiger partial charge >= 0.3 is 34.5 Å². The second-order valence-electron chi connectivity index (χ2n) is 11.3. The van der Waals surface area contributed by atoms with E-state index in [0.29, 0.717) is 23.5 Å². The molecule has 0 radical (unpaired) electrons. The standard InChI is InChI=1S/C38H34N2O4P2.C3H7NO.2ClH.Ru/c1-41-33-25-31(45(27-17-9-5-10-18-27)28-19-11-6-12-20-28)35(37(39-33)43-3)36-32(26-34(42-2)40-38(36)44-4)46(29-21-13-7-14-22-29)30-23-15-8-16-24-30;1-4(2)3-5;;;/h5-26H,1-4H3;3H,1-2H3;2*1H;/q;;;;+2/p-2. The molecule has 2 aromatic heterocycles. The van der Waals surface area contributed by atoms with Crippen LogP contribution in [0.1, 0.15) is 0 Å². The predicted molar refractivity (Wildman–Crippen MR) is 223 cm³/mol. The van der Waals surface area contributed by atoms with Crippen molar-refractivity contribution in [1.29, 1.82) is 0 Å². The Bertz CT molecular complexity index is 1820. The summed E-state index contributed by atoms with van der Waals surface area (Å²) in [6.45, 7) is 0. The molecule has 0 aliphatic heterocycles. The molecule has 0 aliphatic rings. The Labute approximate surface area is 336 Å². The van der Waals surface area contributed by atoms with E-state index in [-0.39, 0.29) is 15.1 Å². The number of halogens is 2. The zero-order valence-corrected chi connectivity index (χ0v) is 35.7. The molecule has 282 valence electrons. The van der Waals surface area contributed by atoms with Crippen molar-refractivity contribution >= 4 is 73.5 Å². The maximum absolute atomic E-state index is 9.43. The molecule has 0 aliphatic carbocycles. The van der Waals surface area contributed by atoms with E-state index in [1.165, 1.54) is 26.1 Å². The Morgan fingerprint density at radius 3 is 1.00 bits per heavy atom. The third-order valence-corrected chi connectivity index (χ3v) is 12.6. The van der Waals surface area contributed by atoms with Gasteiger partial charge in [-0.2, -0.15) is 9.97 Å². The van der Waals surface area contributed by atoms with Crippen molar-refractivity contribution in [2.45, 2.75) is 0 Å². The van der Waals surface area contributed by atoms with Gasteiger partial charge in [-0.3, -0.25) is 4.79 Å². The number of ether oxygens (including phenoxy) is 4. The average molecular weight is 890 g/mol. The summed E-state index contributed by atoms with van der Waals surface area (Å²) in [5.74, 6) is 1.78. The number of carbonyl (C=O) groups excluding carboxylic acids is 1. The molecule has 8 nitrogen and oxygen atoms in total. The number of pyridine rings is 2. The summed E-state index contributed by atoms with van der Waals surface area (Å²) in [6, 6.07) is 46.2. The van der Waals surface area contributed by atoms with E-state index in [1.54, 1.807) is 42.5 Å². The van der Waals surface area contributed by atoms with Gasteiger partial charge in [-0.15, -0.1) is 0 Å². The van der Waals surface area contributed by atoms with E-state index in [1.807, 2.05) is 36.4 Å². The summed E-state index contributed by atoms with van der Waals surface area (Å²) < 4.78 is 23.8. The molecular weight excluding hydrogens is 848 g/mol. The second kappa shape index (κ2) is 22.3. The number of aromatic nitrogens is 2. The van der Waals surface area contributed by atoms with Gasteiger partial charge in [0.05, 0.1) is 39.6 Å². The molecule has 0 N–H and O–H groups in total. The minimum atomic E-state index is -1.11. The van der Waals surface area contributed by atoms with Gasteiger partial charge < -0.3 is 23.8 Å². The summed E-state index contributed by atoms with van der Waals surface area (Å²) in [5.41, 5.74) is 1.62. The van der Waals surface area contributed by atoms with Gasteiger partial charge in [0.25, 0.3) is 0 Å². The number of hydrogen-bond acceptors (Lipinski definition) is 7. The van der Waals surface area contributed by atoms with Crippen LogP contribution in [0.25, 0.3) is 11.1 Å². The summed E-state index contributed by atoms with van der Waals surface area (Å²) in [7, 11) is 17.4. The van der Waals surface area contributed by atoms with E-state index in [0.717, 1.165) is 28.1 Å². The first-order valence-electron chi connectivity index (χ1n) is 16.4. The molecular formula is C41H41Cl2N3O5P2Ru. The molecule has 0 saturated heterocycles. The fourth-order valence-electron chi connectivity index (χ4n) is 5.46. The van der Waals surface area contributed by atoms with E-state index in [9.17, 15) is 4.79 Å². The molecule has 0 atom stereocenters. The number of nitrogens with zero attached hydrogens (tertiary/aromatic N) is 3. The Morgan fingerprint density at radius 2 is 0.796 bits per heavy atom. The van der Waals surface area contributed by atoms with Gasteiger partial charge in [-0.05, 0) is 37.1 Å². The number of carbonyl (C=O) groups is 1. The first-order chi connectivity index (χ1) is 26.3. The zero-order chi connectivity index (χ0) is 38.9. The Morgan fingerprint density at radius 1 is 0.537 bits per heavy atom. The SMILES string of the molecule is CN(C)C=O.COc1cc(P(c2ccccc2)c2ccccc2)c(-c2c(P(c3ccccc3)c3ccccc3)cc(OC)nc2OC)c(OC)n1.[Cl][Ru][Cl]. The number of amides is 1. The van der Waals surface area contributed by atoms with Crippen molar-refractivity contribution in [2.24, 2.45) is 0 Å². The van der Waals surface area contributed by atoms with Gasteiger partial charge in [0.1, 0.15) is 0 Å². The van der Waals surface area contributed by atoms with Crippen LogP contribution in [0.4, 0.5) is 0 Å². The zero-order valence-electron chi connectivity index (χ0n) is 30.7. The molecule has 0 spiro atoms. The third-order valence-electron chi connectivity index (χ3n) is 7.69. The molecule has 4 aromatic carbocycles. The third kappa shape index (κ3) is 11.0. The van der Waals surface area contributed by atoms with Crippen molar-refractivity contribution in [3.8, 4) is 34.6 Å². The number of rotatable bonds is 12. The van der Waals surface area contributed by atoms with Crippen LogP contribution in [0.3, 0.4) is 0 Å². The number of methoxy groups -OCH3 is 4. The van der Waals surface area contributed by atoms with E-state index in [4.69, 9.17) is 48.3 Å². The van der Waals surface area contributed by atoms with Crippen molar-refractivity contribution in [2.75, 3.05) is 42.5 Å². The Balaban J connectivity index is 0.000000741. The van der Waals surface area contributed by atoms with Crippen LogP contribution in [0.5, 0.6) is 23.5 Å². The quantitative estimate of drug-likeness (QED) is 0.0763. The molecule has 13 heteroatoms. The number of hydrogen-bond donors (Lipinski definition) is 0. The monoisotopic (exact) mass is 889 g/mol. The van der Waals surface area contributed by atoms with Gasteiger partial charge in [0.2, 0.25) is 29.9 Å². The predicted octanol–water partition coefficient (Wildman–Crippen LogP) is 6.78. The van der Waals surface area contributed by atoms with Crippen LogP contribution in [-0.2, 0) is 19.9 Å². The fourth-order valence-corrected chi connectivity index (χ4v) is 10.4. The average Bonchev–Trinajstić information content (AvgIpc) is 3.22. The van der Waals surface area contributed by atoms with Gasteiger partial charge in [0, 0.05) is 36.8 Å². The molecule has 0 unspecified atom stereocenters. The topological polar surface area (TPSA) is 83.0 Å². The van der Waals surface area contributed by atoms with Crippen molar-refractivity contribution in [3.05, 3.63) is 133 Å². The molecule has 1 amide bonds. The van der Waals surface area contributed by atoms with Crippen LogP contribution in [0.2, 0.25) is 0 Å². The van der Waals surface area contributed by atoms with Crippen molar-refractivity contribution < 1.29 is 38.9 Å². The van der Waals surface area contributed by atoms with Crippen LogP contribution in [0.15, 0.2) is 133 Å². The summed E-state index contributed by atoms with van der Waals surface area (Å²) in [5, 5.41) is 6.73. The molecule has 0 bridgehead atoms. The first-order valence-corrected chi connectivity index (χ1v) is 23.5. The van der Waals surface area contributed by atoms with Crippen LogP contribution in [-0.4, -0.2) is 63.8 Å². The maximum atomic E-state index is 9.43. The van der Waals surface area contributed by atoms with Crippen molar-refractivity contribution in [3.63, 3.8) is 0 Å². The van der Waals surface area contributed by atoms with Crippen LogP contribution >= 0.6 is 35.2 Å². The van der Waals surface area contributed by atoms with Crippen LogP contribution in [0, 0.1) is 0 Å². The molecule has 0 fully saturated rings. The number of benzene rings is 4. The summed E-state index contributed by atoms with van der Waals surface area (Å²) in [6.07, 6.45) is 0.750. The van der Waals surface area contributed by atoms with Gasteiger partial charge in [-0.25, -0.2) is 0 Å². The first kappa shape index (κ1) is 42.7.